The van der Waals surface area contributed by atoms with Crippen molar-refractivity contribution in [3.8, 4) is 0 Å². The third-order valence-electron chi connectivity index (χ3n) is 5.51. The second-order valence-electron chi connectivity index (χ2n) is 7.48. The zero-order valence-electron chi connectivity index (χ0n) is 15.2. The van der Waals surface area contributed by atoms with Gasteiger partial charge in [-0.15, -0.1) is 5.10 Å². The molecule has 0 spiro atoms. The van der Waals surface area contributed by atoms with E-state index in [9.17, 15) is 5.11 Å². The minimum Gasteiger partial charge on any atom is -0.389 e. The van der Waals surface area contributed by atoms with Crippen LogP contribution in [0.5, 0.6) is 0 Å². The van der Waals surface area contributed by atoms with E-state index in [0.717, 1.165) is 64.5 Å². The number of piperidine rings is 1. The molecule has 26 heavy (non-hydrogen) atoms. The van der Waals surface area contributed by atoms with E-state index in [-0.39, 0.29) is 12.1 Å². The number of nitrogens with zero attached hydrogens (tertiary/aromatic N) is 4. The fourth-order valence-electron chi connectivity index (χ4n) is 4.00. The van der Waals surface area contributed by atoms with Crippen molar-refractivity contribution in [3.63, 3.8) is 0 Å². The summed E-state index contributed by atoms with van der Waals surface area (Å²) in [4.78, 5) is 2.33. The van der Waals surface area contributed by atoms with Crippen molar-refractivity contribution in [2.75, 3.05) is 46.0 Å². The van der Waals surface area contributed by atoms with Crippen molar-refractivity contribution >= 4 is 0 Å². The maximum Gasteiger partial charge on any atom is 0.0967 e. The van der Waals surface area contributed by atoms with E-state index in [0.29, 0.717) is 19.2 Å². The van der Waals surface area contributed by atoms with E-state index >= 15 is 0 Å². The molecule has 3 aliphatic heterocycles. The molecule has 9 nitrogen and oxygen atoms in total. The van der Waals surface area contributed by atoms with Crippen LogP contribution in [0, 0.1) is 0 Å². The Hall–Kier alpha value is -1.10. The standard InChI is InChI=1S/C17H30N6O3/c24-15-12-26-16(17(15)19-13-1-3-18-4-2-13)11-23-10-14(20-21-23)9-22-5-7-25-8-6-22/h10,13,15-19,24H,1-9,11-12H2/t15-,16+,17+/m0/s1. The van der Waals surface area contributed by atoms with Gasteiger partial charge in [0.2, 0.25) is 0 Å². The molecular formula is C17H30N6O3. The molecular weight excluding hydrogens is 336 g/mol. The predicted octanol–water partition coefficient (Wildman–Crippen LogP) is -1.42. The molecule has 0 aromatic carbocycles. The lowest BCUT2D eigenvalue weighted by Crippen LogP contribution is -2.52. The molecule has 146 valence electrons. The van der Waals surface area contributed by atoms with Gasteiger partial charge >= 0.3 is 0 Å². The minimum absolute atomic E-state index is 0.0509. The van der Waals surface area contributed by atoms with Gasteiger partial charge < -0.3 is 25.2 Å². The Balaban J connectivity index is 1.32. The summed E-state index contributed by atoms with van der Waals surface area (Å²) in [5, 5.41) is 25.9. The number of ether oxygens (including phenoxy) is 2. The lowest BCUT2D eigenvalue weighted by molar-refractivity contribution is 0.0336. The fourth-order valence-corrected chi connectivity index (χ4v) is 4.00. The molecule has 0 saturated carbocycles. The second-order valence-corrected chi connectivity index (χ2v) is 7.48. The molecule has 1 aromatic rings. The van der Waals surface area contributed by atoms with Crippen molar-refractivity contribution in [1.29, 1.82) is 0 Å². The van der Waals surface area contributed by atoms with Crippen LogP contribution in [0.15, 0.2) is 6.20 Å². The summed E-state index contributed by atoms with van der Waals surface area (Å²) in [7, 11) is 0. The van der Waals surface area contributed by atoms with E-state index < -0.39 is 6.10 Å². The van der Waals surface area contributed by atoms with Gasteiger partial charge in [0.05, 0.1) is 50.3 Å². The maximum absolute atomic E-state index is 10.3. The molecule has 3 saturated heterocycles. The minimum atomic E-state index is -0.466. The first-order valence-electron chi connectivity index (χ1n) is 9.73. The molecule has 4 rings (SSSR count). The Morgan fingerprint density at radius 1 is 1.27 bits per heavy atom. The number of hydrogen-bond donors (Lipinski definition) is 3. The van der Waals surface area contributed by atoms with E-state index in [1.807, 2.05) is 10.9 Å². The van der Waals surface area contributed by atoms with Crippen LogP contribution in [-0.2, 0) is 22.6 Å². The molecule has 1 aromatic heterocycles. The fraction of sp³-hybridized carbons (Fsp3) is 0.882. The van der Waals surface area contributed by atoms with Crippen molar-refractivity contribution < 1.29 is 14.6 Å². The summed E-state index contributed by atoms with van der Waals surface area (Å²) >= 11 is 0. The van der Waals surface area contributed by atoms with Crippen molar-refractivity contribution in [1.82, 2.24) is 30.5 Å². The van der Waals surface area contributed by atoms with Crippen molar-refractivity contribution in [2.45, 2.75) is 50.2 Å². The molecule has 0 bridgehead atoms. The number of hydrogen-bond acceptors (Lipinski definition) is 8. The van der Waals surface area contributed by atoms with E-state index in [4.69, 9.17) is 9.47 Å². The molecule has 3 atom stereocenters. The first-order chi connectivity index (χ1) is 12.8. The van der Waals surface area contributed by atoms with E-state index in [1.54, 1.807) is 0 Å². The summed E-state index contributed by atoms with van der Waals surface area (Å²) in [6.45, 7) is 7.28. The van der Waals surface area contributed by atoms with Crippen LogP contribution in [-0.4, -0.2) is 95.3 Å². The number of aliphatic hydroxyl groups excluding tert-OH is 1. The largest absolute Gasteiger partial charge is 0.389 e. The maximum atomic E-state index is 10.3. The summed E-state index contributed by atoms with van der Waals surface area (Å²) in [5.41, 5.74) is 0.966. The van der Waals surface area contributed by atoms with Gasteiger partial charge in [-0.05, 0) is 25.9 Å². The van der Waals surface area contributed by atoms with Gasteiger partial charge in [0.15, 0.2) is 0 Å². The van der Waals surface area contributed by atoms with Crippen LogP contribution >= 0.6 is 0 Å². The van der Waals surface area contributed by atoms with Crippen LogP contribution < -0.4 is 10.6 Å². The lowest BCUT2D eigenvalue weighted by Gasteiger charge is -2.30. The molecule has 0 radical (unpaired) electrons. The van der Waals surface area contributed by atoms with Gasteiger partial charge in [-0.3, -0.25) is 4.90 Å². The van der Waals surface area contributed by atoms with Crippen LogP contribution in [0.4, 0.5) is 0 Å². The molecule has 3 aliphatic rings. The smallest absolute Gasteiger partial charge is 0.0967 e. The van der Waals surface area contributed by atoms with Gasteiger partial charge in [-0.1, -0.05) is 5.21 Å². The highest BCUT2D eigenvalue weighted by Gasteiger charge is 2.37. The van der Waals surface area contributed by atoms with Crippen LogP contribution in [0.25, 0.3) is 0 Å². The lowest BCUT2D eigenvalue weighted by atomic mass is 10.0. The van der Waals surface area contributed by atoms with Crippen molar-refractivity contribution in [2.24, 2.45) is 0 Å². The first-order valence-corrected chi connectivity index (χ1v) is 9.73. The van der Waals surface area contributed by atoms with Gasteiger partial charge in [-0.2, -0.15) is 0 Å². The van der Waals surface area contributed by atoms with E-state index in [1.165, 1.54) is 0 Å². The van der Waals surface area contributed by atoms with Crippen LogP contribution in [0.3, 0.4) is 0 Å². The zero-order chi connectivity index (χ0) is 17.8. The van der Waals surface area contributed by atoms with Gasteiger partial charge in [0.25, 0.3) is 0 Å². The van der Waals surface area contributed by atoms with E-state index in [2.05, 4.69) is 25.8 Å². The van der Waals surface area contributed by atoms with Gasteiger partial charge in [0, 0.05) is 31.9 Å². The number of aromatic nitrogens is 3. The van der Waals surface area contributed by atoms with Gasteiger partial charge in [-0.25, -0.2) is 4.68 Å². The Kier molecular flexibility index (Phi) is 6.13. The average Bonchev–Trinajstić information content (AvgIpc) is 3.25. The van der Waals surface area contributed by atoms with Gasteiger partial charge in [0.1, 0.15) is 0 Å². The van der Waals surface area contributed by atoms with Crippen molar-refractivity contribution in [3.05, 3.63) is 11.9 Å². The molecule has 4 heterocycles. The topological polar surface area (TPSA) is 96.7 Å². The highest BCUT2D eigenvalue weighted by atomic mass is 16.5. The Labute approximate surface area is 154 Å². The second kappa shape index (κ2) is 8.73. The molecule has 0 aliphatic carbocycles. The Morgan fingerprint density at radius 2 is 2.08 bits per heavy atom. The monoisotopic (exact) mass is 366 g/mol. The molecule has 3 N–H and O–H groups in total. The SMILES string of the molecule is O[C@H]1CO[C@H](Cn2cc(CN3CCOCC3)nn2)[C@@H]1NC1CCNCC1. The Bertz CT molecular complexity index is 558. The highest BCUT2D eigenvalue weighted by molar-refractivity contribution is 4.96. The molecule has 3 fully saturated rings. The Morgan fingerprint density at radius 3 is 2.88 bits per heavy atom. The normalized spacial score (nSPS) is 31.5. The highest BCUT2D eigenvalue weighted by Crippen LogP contribution is 2.19. The number of aliphatic hydroxyl groups is 1. The number of nitrogens with one attached hydrogen (secondary N) is 2. The predicted molar refractivity (Wildman–Crippen MR) is 94.7 cm³/mol. The van der Waals surface area contributed by atoms with Crippen LogP contribution in [0.1, 0.15) is 18.5 Å². The first kappa shape index (κ1) is 18.3. The summed E-state index contributed by atoms with van der Waals surface area (Å²) < 4.78 is 13.1. The molecule has 0 amide bonds. The summed E-state index contributed by atoms with van der Waals surface area (Å²) in [6.07, 6.45) is 3.61. The zero-order valence-corrected chi connectivity index (χ0v) is 15.2. The molecule has 0 unspecified atom stereocenters. The summed E-state index contributed by atoms with van der Waals surface area (Å²) in [5.74, 6) is 0. The quantitative estimate of drug-likeness (QED) is 0.565. The molecule has 9 heteroatoms. The van der Waals surface area contributed by atoms with Crippen LogP contribution in [0.2, 0.25) is 0 Å². The number of rotatable bonds is 6. The third kappa shape index (κ3) is 4.59. The third-order valence-corrected chi connectivity index (χ3v) is 5.51. The number of morpholine rings is 1. The average molecular weight is 366 g/mol. The summed E-state index contributed by atoms with van der Waals surface area (Å²) in [6, 6.07) is 0.387.